The summed E-state index contributed by atoms with van der Waals surface area (Å²) >= 11 is 0. The van der Waals surface area contributed by atoms with Crippen molar-refractivity contribution in [3.63, 3.8) is 0 Å². The van der Waals surface area contributed by atoms with Crippen LogP contribution in [-0.2, 0) is 13.1 Å². The second-order valence-electron chi connectivity index (χ2n) is 15.8. The molecule has 7 aromatic carbocycles. The number of aliphatic hydroxyl groups excluding tert-OH is 2. The zero-order valence-electron chi connectivity index (χ0n) is 36.1. The van der Waals surface area contributed by atoms with E-state index >= 15 is 0 Å². The van der Waals surface area contributed by atoms with E-state index in [1.54, 1.807) is 16.1 Å². The molecule has 0 aliphatic carbocycles. The van der Waals surface area contributed by atoms with Gasteiger partial charge in [0.05, 0.1) is 36.9 Å². The van der Waals surface area contributed by atoms with E-state index in [2.05, 4.69) is 108 Å². The standard InChI is InChI=1S/C54H52N6O4/c1-3-57-51-24-13-11-22-47(51)49-30-39(26-28-53(49)57)33-55-59(41-16-7-5-8-17-41)35-43(61)37-63-45-20-15-21-46(32-45)64-38-44(62)36-60(42-18-9-6-10-19-42)56-34-40-27-29-54-50(31-40)48-23-12-14-25-52(48)58(54)4-2/h5-34,43-44,61-62H,3-4,35-38H2,1-2H3. The Kier molecular flexibility index (Phi) is 12.7. The molecule has 0 saturated carbocycles. The van der Waals surface area contributed by atoms with Gasteiger partial charge in [-0.3, -0.25) is 10.0 Å². The molecule has 0 amide bonds. The summed E-state index contributed by atoms with van der Waals surface area (Å²) < 4.78 is 16.8. The second kappa shape index (κ2) is 19.3. The molecule has 2 heterocycles. The highest BCUT2D eigenvalue weighted by atomic mass is 16.5. The van der Waals surface area contributed by atoms with Gasteiger partial charge in [-0.1, -0.05) is 91.0 Å². The van der Waals surface area contributed by atoms with Crippen LogP contribution in [0.5, 0.6) is 11.5 Å². The summed E-state index contributed by atoms with van der Waals surface area (Å²) in [4.78, 5) is 0. The summed E-state index contributed by atoms with van der Waals surface area (Å²) in [5.41, 5.74) is 8.44. The molecular formula is C54H52N6O4. The summed E-state index contributed by atoms with van der Waals surface area (Å²) in [5.74, 6) is 1.07. The fraction of sp³-hybridized carbons (Fsp3) is 0.185. The largest absolute Gasteiger partial charge is 0.491 e. The number of anilines is 2. The lowest BCUT2D eigenvalue weighted by Gasteiger charge is -2.23. The molecule has 10 nitrogen and oxygen atoms in total. The highest BCUT2D eigenvalue weighted by Gasteiger charge is 2.17. The van der Waals surface area contributed by atoms with E-state index < -0.39 is 12.2 Å². The topological polar surface area (TPSA) is 100.0 Å². The van der Waals surface area contributed by atoms with E-state index in [-0.39, 0.29) is 26.3 Å². The van der Waals surface area contributed by atoms with Crippen molar-refractivity contribution in [2.45, 2.75) is 39.1 Å². The number of aryl methyl sites for hydroxylation is 2. The Hall–Kier alpha value is -7.40. The molecule has 0 fully saturated rings. The van der Waals surface area contributed by atoms with Gasteiger partial charge in [-0.2, -0.15) is 10.2 Å². The first kappa shape index (κ1) is 41.9. The van der Waals surface area contributed by atoms with Crippen LogP contribution < -0.4 is 19.5 Å². The Morgan fingerprint density at radius 3 is 1.31 bits per heavy atom. The molecule has 2 atom stereocenters. The Labute approximate surface area is 373 Å². The van der Waals surface area contributed by atoms with E-state index in [9.17, 15) is 10.2 Å². The molecule has 9 aromatic rings. The molecule has 0 spiro atoms. The minimum absolute atomic E-state index is 0.0328. The van der Waals surface area contributed by atoms with Crippen molar-refractivity contribution in [3.8, 4) is 11.5 Å². The van der Waals surface area contributed by atoms with E-state index in [0.717, 1.165) is 35.6 Å². The van der Waals surface area contributed by atoms with Gasteiger partial charge < -0.3 is 28.8 Å². The lowest BCUT2D eigenvalue weighted by atomic mass is 10.1. The quantitative estimate of drug-likeness (QED) is 0.0659. The second-order valence-corrected chi connectivity index (χ2v) is 15.8. The molecule has 2 aromatic heterocycles. The monoisotopic (exact) mass is 848 g/mol. The van der Waals surface area contributed by atoms with Crippen molar-refractivity contribution in [2.24, 2.45) is 10.2 Å². The maximum absolute atomic E-state index is 11.2. The van der Waals surface area contributed by atoms with Crippen molar-refractivity contribution in [2.75, 3.05) is 36.3 Å². The van der Waals surface area contributed by atoms with Crippen LogP contribution in [0.4, 0.5) is 11.4 Å². The lowest BCUT2D eigenvalue weighted by Crippen LogP contribution is -2.33. The fourth-order valence-electron chi connectivity index (χ4n) is 8.44. The number of ether oxygens (including phenoxy) is 2. The van der Waals surface area contributed by atoms with Gasteiger partial charge in [0, 0.05) is 62.8 Å². The molecule has 9 rings (SSSR count). The highest BCUT2D eigenvalue weighted by Crippen LogP contribution is 2.31. The third kappa shape index (κ3) is 9.20. The normalized spacial score (nSPS) is 12.8. The van der Waals surface area contributed by atoms with Crippen LogP contribution in [0.25, 0.3) is 43.6 Å². The number of rotatable bonds is 18. The minimum Gasteiger partial charge on any atom is -0.491 e. The summed E-state index contributed by atoms with van der Waals surface area (Å²) in [6.45, 7) is 6.58. The average Bonchev–Trinajstić information content (AvgIpc) is 3.84. The van der Waals surface area contributed by atoms with Gasteiger partial charge in [-0.15, -0.1) is 0 Å². The Bertz CT molecular complexity index is 2850. The Morgan fingerprint density at radius 1 is 0.469 bits per heavy atom. The van der Waals surface area contributed by atoms with E-state index in [0.29, 0.717) is 11.5 Å². The number of para-hydroxylation sites is 4. The molecule has 0 aliphatic rings. The number of aromatic nitrogens is 2. The maximum atomic E-state index is 11.2. The first-order valence-corrected chi connectivity index (χ1v) is 21.9. The molecule has 64 heavy (non-hydrogen) atoms. The zero-order chi connectivity index (χ0) is 43.8. The number of aliphatic hydroxyl groups is 2. The number of hydrogen-bond donors (Lipinski definition) is 2. The van der Waals surface area contributed by atoms with Crippen molar-refractivity contribution in [1.29, 1.82) is 0 Å². The third-order valence-electron chi connectivity index (χ3n) is 11.5. The van der Waals surface area contributed by atoms with Gasteiger partial charge in [0.15, 0.2) is 0 Å². The first-order chi connectivity index (χ1) is 31.4. The van der Waals surface area contributed by atoms with Gasteiger partial charge in [0.2, 0.25) is 0 Å². The van der Waals surface area contributed by atoms with Crippen LogP contribution in [0.1, 0.15) is 25.0 Å². The zero-order valence-corrected chi connectivity index (χ0v) is 36.1. The van der Waals surface area contributed by atoms with Crippen molar-refractivity contribution in [3.05, 3.63) is 181 Å². The summed E-state index contributed by atoms with van der Waals surface area (Å²) in [7, 11) is 0. The minimum atomic E-state index is -0.864. The third-order valence-corrected chi connectivity index (χ3v) is 11.5. The van der Waals surface area contributed by atoms with Crippen molar-refractivity contribution in [1.82, 2.24) is 9.13 Å². The van der Waals surface area contributed by atoms with Crippen LogP contribution in [-0.4, -0.2) is 70.3 Å². The van der Waals surface area contributed by atoms with Crippen LogP contribution >= 0.6 is 0 Å². The summed E-state index contributed by atoms with van der Waals surface area (Å²) in [6.07, 6.45) is 1.95. The molecule has 0 radical (unpaired) electrons. The molecule has 0 saturated heterocycles. The molecule has 0 bridgehead atoms. The van der Waals surface area contributed by atoms with Crippen LogP contribution in [0.3, 0.4) is 0 Å². The average molecular weight is 849 g/mol. The maximum Gasteiger partial charge on any atom is 0.123 e. The first-order valence-electron chi connectivity index (χ1n) is 21.9. The van der Waals surface area contributed by atoms with Gasteiger partial charge in [0.1, 0.15) is 36.9 Å². The SMILES string of the molecule is CCn1c2ccccc2c2cc(C=NN(CC(O)COc3cccc(OCC(O)CN(N=Cc4ccc5c(c4)c4ccccc4n5CC)c4ccccc4)c3)c3ccccc3)ccc21. The number of hydrazone groups is 2. The lowest BCUT2D eigenvalue weighted by molar-refractivity contribution is 0.108. The Morgan fingerprint density at radius 2 is 0.875 bits per heavy atom. The van der Waals surface area contributed by atoms with Gasteiger partial charge in [-0.05, 0) is 97.8 Å². The van der Waals surface area contributed by atoms with E-state index in [1.165, 1.54) is 43.6 Å². The fourth-order valence-corrected chi connectivity index (χ4v) is 8.44. The number of hydrogen-bond acceptors (Lipinski definition) is 8. The molecule has 10 heteroatoms. The van der Waals surface area contributed by atoms with Gasteiger partial charge in [0.25, 0.3) is 0 Å². The molecule has 322 valence electrons. The number of benzene rings is 7. The number of fused-ring (bicyclic) bond motifs is 6. The van der Waals surface area contributed by atoms with Crippen molar-refractivity contribution < 1.29 is 19.7 Å². The van der Waals surface area contributed by atoms with Gasteiger partial charge >= 0.3 is 0 Å². The van der Waals surface area contributed by atoms with Crippen LogP contribution in [0, 0.1) is 0 Å². The highest BCUT2D eigenvalue weighted by molar-refractivity contribution is 6.10. The Balaban J connectivity index is 0.827. The molecule has 2 N–H and O–H groups in total. The molecule has 2 unspecified atom stereocenters. The van der Waals surface area contributed by atoms with Crippen LogP contribution in [0.15, 0.2) is 180 Å². The predicted molar refractivity (Wildman–Crippen MR) is 262 cm³/mol. The smallest absolute Gasteiger partial charge is 0.123 e. The van der Waals surface area contributed by atoms with Crippen LogP contribution in [0.2, 0.25) is 0 Å². The predicted octanol–water partition coefficient (Wildman–Crippen LogP) is 10.5. The van der Waals surface area contributed by atoms with E-state index in [1.807, 2.05) is 91.3 Å². The van der Waals surface area contributed by atoms with E-state index in [4.69, 9.17) is 19.7 Å². The van der Waals surface area contributed by atoms with Gasteiger partial charge in [-0.25, -0.2) is 0 Å². The summed E-state index contributed by atoms with van der Waals surface area (Å²) in [6, 6.07) is 56.6. The molecular weight excluding hydrogens is 797 g/mol. The molecule has 0 aliphatic heterocycles. The van der Waals surface area contributed by atoms with Crippen molar-refractivity contribution >= 4 is 67.4 Å². The number of nitrogens with zero attached hydrogens (tertiary/aromatic N) is 6. The summed E-state index contributed by atoms with van der Waals surface area (Å²) in [5, 5.41) is 40.6.